The summed E-state index contributed by atoms with van der Waals surface area (Å²) in [6.07, 6.45) is 0.856. The van der Waals surface area contributed by atoms with Gasteiger partial charge in [0.1, 0.15) is 0 Å². The van der Waals surface area contributed by atoms with E-state index in [1.54, 1.807) is 29.2 Å². The van der Waals surface area contributed by atoms with Crippen molar-refractivity contribution >= 4 is 42.4 Å². The second-order valence-electron chi connectivity index (χ2n) is 8.11. The van der Waals surface area contributed by atoms with Crippen LogP contribution < -0.4 is 4.90 Å². The van der Waals surface area contributed by atoms with E-state index in [4.69, 9.17) is 4.98 Å². The molecule has 3 rings (SSSR count). The molecule has 1 heterocycles. The highest BCUT2D eigenvalue weighted by atomic mass is 32.2. The number of sulfone groups is 1. The predicted octanol–water partition coefficient (Wildman–Crippen LogP) is 4.71. The zero-order valence-electron chi connectivity index (χ0n) is 19.9. The summed E-state index contributed by atoms with van der Waals surface area (Å²) in [6, 6.07) is 12.9. The van der Waals surface area contributed by atoms with Crippen LogP contribution in [-0.4, -0.2) is 56.1 Å². The van der Waals surface area contributed by atoms with Gasteiger partial charge < -0.3 is 4.90 Å². The number of hydrogen-bond acceptors (Lipinski definition) is 6. The maximum Gasteiger partial charge on any atom is 0.229 e. The van der Waals surface area contributed by atoms with Crippen molar-refractivity contribution < 1.29 is 13.2 Å². The molecule has 0 spiro atoms. The van der Waals surface area contributed by atoms with Crippen molar-refractivity contribution in [2.24, 2.45) is 0 Å². The van der Waals surface area contributed by atoms with Crippen molar-refractivity contribution in [1.29, 1.82) is 0 Å². The second-order valence-corrected chi connectivity index (χ2v) is 11.2. The Morgan fingerprint density at radius 3 is 2.33 bits per heavy atom. The molecule has 0 aliphatic carbocycles. The van der Waals surface area contributed by atoms with E-state index >= 15 is 0 Å². The van der Waals surface area contributed by atoms with Gasteiger partial charge in [-0.1, -0.05) is 55.9 Å². The maximum absolute atomic E-state index is 13.3. The zero-order chi connectivity index (χ0) is 24.0. The van der Waals surface area contributed by atoms with Crippen LogP contribution in [0.3, 0.4) is 0 Å². The van der Waals surface area contributed by atoms with Crippen molar-refractivity contribution in [3.63, 3.8) is 0 Å². The van der Waals surface area contributed by atoms with E-state index < -0.39 is 9.84 Å². The number of fused-ring (bicyclic) bond motifs is 1. The van der Waals surface area contributed by atoms with E-state index in [0.717, 1.165) is 35.3 Å². The number of hydrogen-bond donors (Lipinski definition) is 0. The van der Waals surface area contributed by atoms with Gasteiger partial charge in [0, 0.05) is 19.5 Å². The molecular formula is C25H33N3O3S2. The lowest BCUT2D eigenvalue weighted by Crippen LogP contribution is -2.39. The summed E-state index contributed by atoms with van der Waals surface area (Å²) in [5, 5.41) is 0.628. The first-order valence-electron chi connectivity index (χ1n) is 11.5. The first-order valence-corrected chi connectivity index (χ1v) is 14.0. The topological polar surface area (TPSA) is 70.6 Å². The van der Waals surface area contributed by atoms with Gasteiger partial charge in [0.25, 0.3) is 0 Å². The predicted molar refractivity (Wildman–Crippen MR) is 137 cm³/mol. The Morgan fingerprint density at radius 2 is 1.70 bits per heavy atom. The third-order valence-corrected chi connectivity index (χ3v) is 8.65. The van der Waals surface area contributed by atoms with Gasteiger partial charge in [-0.15, -0.1) is 0 Å². The highest BCUT2D eigenvalue weighted by molar-refractivity contribution is 7.91. The van der Waals surface area contributed by atoms with E-state index in [9.17, 15) is 13.2 Å². The third kappa shape index (κ3) is 6.40. The molecule has 2 aromatic carbocycles. The van der Waals surface area contributed by atoms with Gasteiger partial charge in [-0.2, -0.15) is 0 Å². The molecule has 0 N–H and O–H groups in total. The van der Waals surface area contributed by atoms with Gasteiger partial charge in [0.2, 0.25) is 5.91 Å². The maximum atomic E-state index is 13.3. The molecular weight excluding hydrogens is 454 g/mol. The summed E-state index contributed by atoms with van der Waals surface area (Å²) in [6.45, 7) is 11.2. The smallest absolute Gasteiger partial charge is 0.229 e. The van der Waals surface area contributed by atoms with Crippen LogP contribution in [-0.2, 0) is 21.1 Å². The second kappa shape index (κ2) is 11.2. The van der Waals surface area contributed by atoms with Gasteiger partial charge in [0.15, 0.2) is 15.0 Å². The largest absolute Gasteiger partial charge is 0.302 e. The number of aryl methyl sites for hydroxylation is 2. The van der Waals surface area contributed by atoms with Crippen molar-refractivity contribution in [3.05, 3.63) is 53.6 Å². The van der Waals surface area contributed by atoms with Gasteiger partial charge in [-0.05, 0) is 56.3 Å². The normalized spacial score (nSPS) is 11.9. The molecule has 3 aromatic rings. The van der Waals surface area contributed by atoms with Gasteiger partial charge in [0.05, 0.1) is 20.9 Å². The lowest BCUT2D eigenvalue weighted by molar-refractivity contribution is -0.118. The number of rotatable bonds is 11. The van der Waals surface area contributed by atoms with E-state index in [1.165, 1.54) is 16.9 Å². The number of nitrogens with zero attached hydrogens (tertiary/aromatic N) is 3. The van der Waals surface area contributed by atoms with Crippen molar-refractivity contribution in [2.75, 3.05) is 36.8 Å². The minimum atomic E-state index is -3.54. The van der Waals surface area contributed by atoms with Crippen molar-refractivity contribution in [2.45, 2.75) is 45.4 Å². The number of anilines is 1. The Labute approximate surface area is 201 Å². The third-order valence-electron chi connectivity index (χ3n) is 5.88. The number of benzene rings is 2. The first-order chi connectivity index (χ1) is 15.8. The molecule has 0 radical (unpaired) electrons. The van der Waals surface area contributed by atoms with Gasteiger partial charge >= 0.3 is 0 Å². The molecule has 0 saturated carbocycles. The Kier molecular flexibility index (Phi) is 8.62. The SMILES string of the molecule is CCc1ccc2nc(N(CCN(CC)CC)C(=O)CCS(=O)(=O)c3ccc(C)cc3)sc2c1. The monoisotopic (exact) mass is 487 g/mol. The summed E-state index contributed by atoms with van der Waals surface area (Å²) in [7, 11) is -3.54. The Hall–Kier alpha value is -2.29. The summed E-state index contributed by atoms with van der Waals surface area (Å²) in [4.78, 5) is 22.1. The summed E-state index contributed by atoms with van der Waals surface area (Å²) < 4.78 is 26.6. The van der Waals surface area contributed by atoms with E-state index in [2.05, 4.69) is 37.8 Å². The van der Waals surface area contributed by atoms with Crippen LogP contribution in [0.1, 0.15) is 38.3 Å². The molecule has 0 aliphatic rings. The fourth-order valence-corrected chi connectivity index (χ4v) is 5.92. The average Bonchev–Trinajstić information content (AvgIpc) is 3.23. The molecule has 0 unspecified atom stereocenters. The molecule has 1 amide bonds. The fraction of sp³-hybridized carbons (Fsp3) is 0.440. The number of carbonyl (C=O) groups is 1. The molecule has 0 bridgehead atoms. The summed E-state index contributed by atoms with van der Waals surface area (Å²) in [5.74, 6) is -0.436. The average molecular weight is 488 g/mol. The standard InChI is InChI=1S/C25H33N3O3S2/c1-5-20-10-13-22-23(18-20)32-25(26-22)28(16-15-27(6-2)7-3)24(29)14-17-33(30,31)21-11-8-19(4)9-12-21/h8-13,18H,5-7,14-17H2,1-4H3. The molecule has 0 fully saturated rings. The van der Waals surface area contributed by atoms with Crippen LogP contribution in [0.4, 0.5) is 5.13 Å². The highest BCUT2D eigenvalue weighted by Crippen LogP contribution is 2.30. The Balaban J connectivity index is 1.82. The molecule has 33 heavy (non-hydrogen) atoms. The molecule has 0 atom stereocenters. The van der Waals surface area contributed by atoms with Crippen molar-refractivity contribution in [1.82, 2.24) is 9.88 Å². The fourth-order valence-electron chi connectivity index (χ4n) is 3.62. The summed E-state index contributed by atoms with van der Waals surface area (Å²) in [5.41, 5.74) is 3.08. The highest BCUT2D eigenvalue weighted by Gasteiger charge is 2.23. The number of likely N-dealkylation sites (N-methyl/N-ethyl adjacent to an activating group) is 1. The number of aromatic nitrogens is 1. The van der Waals surface area contributed by atoms with Gasteiger partial charge in [-0.3, -0.25) is 9.69 Å². The molecule has 0 aliphatic heterocycles. The lowest BCUT2D eigenvalue weighted by Gasteiger charge is -2.24. The van der Waals surface area contributed by atoms with Crippen LogP contribution in [0.25, 0.3) is 10.2 Å². The van der Waals surface area contributed by atoms with Crippen molar-refractivity contribution in [3.8, 4) is 0 Å². The lowest BCUT2D eigenvalue weighted by atomic mass is 10.2. The quantitative estimate of drug-likeness (QED) is 0.392. The molecule has 6 nitrogen and oxygen atoms in total. The van der Waals surface area contributed by atoms with Crippen LogP contribution >= 0.6 is 11.3 Å². The Bertz CT molecular complexity index is 1180. The van der Waals surface area contributed by atoms with Gasteiger partial charge in [-0.25, -0.2) is 13.4 Å². The molecule has 0 saturated heterocycles. The zero-order valence-corrected chi connectivity index (χ0v) is 21.5. The van der Waals surface area contributed by atoms with E-state index in [0.29, 0.717) is 18.2 Å². The van der Waals surface area contributed by atoms with Crippen LogP contribution in [0.15, 0.2) is 47.4 Å². The first kappa shape index (κ1) is 25.3. The number of carbonyl (C=O) groups excluding carboxylic acids is 1. The molecule has 1 aromatic heterocycles. The molecule has 178 valence electrons. The minimum absolute atomic E-state index is 0.0788. The van der Waals surface area contributed by atoms with E-state index in [-0.39, 0.29) is 23.0 Å². The minimum Gasteiger partial charge on any atom is -0.302 e. The number of amides is 1. The van der Waals surface area contributed by atoms with Crippen LogP contribution in [0, 0.1) is 6.92 Å². The Morgan fingerprint density at radius 1 is 1.00 bits per heavy atom. The molecule has 8 heteroatoms. The number of thiazole rings is 1. The summed E-state index contributed by atoms with van der Waals surface area (Å²) >= 11 is 1.49. The van der Waals surface area contributed by atoms with Crippen LogP contribution in [0.5, 0.6) is 0 Å². The van der Waals surface area contributed by atoms with Crippen LogP contribution in [0.2, 0.25) is 0 Å². The van der Waals surface area contributed by atoms with E-state index in [1.807, 2.05) is 13.0 Å².